The standard InChI is InChI=1S/C15H12BrClF2O2/c1-20-11-7-6-9(15(21-2)13(11)17)12(16)8-4-3-5-10(18)14(8)19/h3-7,12H,1-2H3. The van der Waals surface area contributed by atoms with Crippen LogP contribution in [-0.4, -0.2) is 14.2 Å². The number of benzene rings is 2. The Morgan fingerprint density at radius 1 is 1.05 bits per heavy atom. The number of ether oxygens (including phenoxy) is 2. The molecule has 0 aliphatic rings. The molecule has 0 bridgehead atoms. The topological polar surface area (TPSA) is 18.5 Å². The summed E-state index contributed by atoms with van der Waals surface area (Å²) in [6, 6.07) is 7.34. The summed E-state index contributed by atoms with van der Waals surface area (Å²) in [5.41, 5.74) is 0.738. The quantitative estimate of drug-likeness (QED) is 0.689. The average Bonchev–Trinajstić information content (AvgIpc) is 2.49. The van der Waals surface area contributed by atoms with Crippen LogP contribution in [0.4, 0.5) is 8.78 Å². The van der Waals surface area contributed by atoms with Gasteiger partial charge >= 0.3 is 0 Å². The highest BCUT2D eigenvalue weighted by molar-refractivity contribution is 9.09. The van der Waals surface area contributed by atoms with E-state index in [0.29, 0.717) is 17.1 Å². The van der Waals surface area contributed by atoms with Crippen LogP contribution in [0.3, 0.4) is 0 Å². The van der Waals surface area contributed by atoms with Crippen molar-refractivity contribution in [3.8, 4) is 11.5 Å². The minimum Gasteiger partial charge on any atom is -0.495 e. The van der Waals surface area contributed by atoms with Gasteiger partial charge in [0.05, 0.1) is 19.0 Å². The molecule has 0 heterocycles. The second-order valence-electron chi connectivity index (χ2n) is 4.21. The fourth-order valence-corrected chi connectivity index (χ4v) is 3.04. The van der Waals surface area contributed by atoms with Gasteiger partial charge in [-0.1, -0.05) is 45.7 Å². The van der Waals surface area contributed by atoms with Crippen LogP contribution in [-0.2, 0) is 0 Å². The lowest BCUT2D eigenvalue weighted by Crippen LogP contribution is -2.02. The monoisotopic (exact) mass is 376 g/mol. The molecule has 2 nitrogen and oxygen atoms in total. The molecular weight excluding hydrogens is 366 g/mol. The summed E-state index contributed by atoms with van der Waals surface area (Å²) in [7, 11) is 2.93. The summed E-state index contributed by atoms with van der Waals surface area (Å²) in [5, 5.41) is 0.277. The Hall–Kier alpha value is -1.33. The summed E-state index contributed by atoms with van der Waals surface area (Å²) in [6.45, 7) is 0. The van der Waals surface area contributed by atoms with Gasteiger partial charge in [-0.15, -0.1) is 0 Å². The van der Waals surface area contributed by atoms with Gasteiger partial charge in [0.1, 0.15) is 16.5 Å². The third kappa shape index (κ3) is 2.99. The molecule has 21 heavy (non-hydrogen) atoms. The first-order chi connectivity index (χ1) is 10.0. The van der Waals surface area contributed by atoms with Gasteiger partial charge in [0.25, 0.3) is 0 Å². The van der Waals surface area contributed by atoms with Gasteiger partial charge < -0.3 is 9.47 Å². The van der Waals surface area contributed by atoms with Gasteiger partial charge in [-0.3, -0.25) is 0 Å². The number of hydrogen-bond acceptors (Lipinski definition) is 2. The van der Waals surface area contributed by atoms with Crippen molar-refractivity contribution in [3.05, 3.63) is 58.1 Å². The minimum absolute atomic E-state index is 0.162. The third-order valence-electron chi connectivity index (χ3n) is 3.04. The average molecular weight is 378 g/mol. The molecule has 0 spiro atoms. The summed E-state index contributed by atoms with van der Waals surface area (Å²) in [6.07, 6.45) is 0. The van der Waals surface area contributed by atoms with Crippen LogP contribution in [0.1, 0.15) is 16.0 Å². The second kappa shape index (κ2) is 6.62. The third-order valence-corrected chi connectivity index (χ3v) is 4.39. The number of hydrogen-bond donors (Lipinski definition) is 0. The van der Waals surface area contributed by atoms with E-state index in [1.807, 2.05) is 0 Å². The van der Waals surface area contributed by atoms with Crippen molar-refractivity contribution in [1.82, 2.24) is 0 Å². The van der Waals surface area contributed by atoms with Crippen LogP contribution in [0.5, 0.6) is 11.5 Å². The lowest BCUT2D eigenvalue weighted by Gasteiger charge is -2.18. The van der Waals surface area contributed by atoms with Gasteiger partial charge in [0, 0.05) is 11.1 Å². The fraction of sp³-hybridized carbons (Fsp3) is 0.200. The molecular formula is C15H12BrClF2O2. The second-order valence-corrected chi connectivity index (χ2v) is 5.50. The number of methoxy groups -OCH3 is 2. The van der Waals surface area contributed by atoms with E-state index in [-0.39, 0.29) is 10.6 Å². The zero-order valence-corrected chi connectivity index (χ0v) is 13.6. The zero-order chi connectivity index (χ0) is 15.6. The van der Waals surface area contributed by atoms with Crippen LogP contribution in [0, 0.1) is 11.6 Å². The first-order valence-corrected chi connectivity index (χ1v) is 7.29. The van der Waals surface area contributed by atoms with Crippen LogP contribution in [0.25, 0.3) is 0 Å². The van der Waals surface area contributed by atoms with Crippen molar-refractivity contribution < 1.29 is 18.3 Å². The first-order valence-electron chi connectivity index (χ1n) is 5.99. The van der Waals surface area contributed by atoms with E-state index in [9.17, 15) is 8.78 Å². The molecule has 0 saturated heterocycles. The van der Waals surface area contributed by atoms with Crippen LogP contribution in [0.15, 0.2) is 30.3 Å². The molecule has 0 aromatic heterocycles. The molecule has 112 valence electrons. The zero-order valence-electron chi connectivity index (χ0n) is 11.3. The highest BCUT2D eigenvalue weighted by atomic mass is 79.9. The molecule has 1 unspecified atom stereocenters. The molecule has 0 amide bonds. The minimum atomic E-state index is -0.909. The van der Waals surface area contributed by atoms with Crippen molar-refractivity contribution in [2.75, 3.05) is 14.2 Å². The van der Waals surface area contributed by atoms with Crippen molar-refractivity contribution in [2.24, 2.45) is 0 Å². The Bertz CT molecular complexity index is 664. The van der Waals surface area contributed by atoms with E-state index in [2.05, 4.69) is 15.9 Å². The summed E-state index contributed by atoms with van der Waals surface area (Å²) < 4.78 is 37.7. The SMILES string of the molecule is COc1ccc(C(Br)c2cccc(F)c2F)c(OC)c1Cl. The molecule has 0 radical (unpaired) electrons. The number of rotatable bonds is 4. The van der Waals surface area contributed by atoms with Crippen LogP contribution >= 0.6 is 27.5 Å². The van der Waals surface area contributed by atoms with Gasteiger partial charge in [-0.25, -0.2) is 8.78 Å². The fourth-order valence-electron chi connectivity index (χ4n) is 2.00. The predicted octanol–water partition coefficient (Wildman–Crippen LogP) is 5.12. The Labute approximate surface area is 134 Å². The molecule has 0 fully saturated rings. The van der Waals surface area contributed by atoms with E-state index < -0.39 is 16.5 Å². The Morgan fingerprint density at radius 3 is 2.38 bits per heavy atom. The lowest BCUT2D eigenvalue weighted by atomic mass is 10.0. The van der Waals surface area contributed by atoms with Crippen molar-refractivity contribution >= 4 is 27.5 Å². The van der Waals surface area contributed by atoms with Crippen molar-refractivity contribution in [3.63, 3.8) is 0 Å². The van der Waals surface area contributed by atoms with E-state index in [4.69, 9.17) is 21.1 Å². The normalized spacial score (nSPS) is 12.1. The van der Waals surface area contributed by atoms with Gasteiger partial charge in [0.15, 0.2) is 11.6 Å². The largest absolute Gasteiger partial charge is 0.495 e. The van der Waals surface area contributed by atoms with Crippen molar-refractivity contribution in [1.29, 1.82) is 0 Å². The highest BCUT2D eigenvalue weighted by Crippen LogP contribution is 2.44. The highest BCUT2D eigenvalue weighted by Gasteiger charge is 2.23. The lowest BCUT2D eigenvalue weighted by molar-refractivity contribution is 0.391. The Kier molecular flexibility index (Phi) is 5.06. The predicted molar refractivity (Wildman–Crippen MR) is 81.7 cm³/mol. The van der Waals surface area contributed by atoms with Crippen molar-refractivity contribution in [2.45, 2.75) is 4.83 Å². The number of alkyl halides is 1. The van der Waals surface area contributed by atoms with E-state index in [0.717, 1.165) is 6.07 Å². The summed E-state index contributed by atoms with van der Waals surface area (Å²) in [5.74, 6) is -1.03. The Morgan fingerprint density at radius 2 is 1.76 bits per heavy atom. The molecule has 1 atom stereocenters. The first kappa shape index (κ1) is 16.0. The molecule has 2 aromatic rings. The Balaban J connectivity index is 2.56. The molecule has 6 heteroatoms. The molecule has 0 aliphatic carbocycles. The molecule has 0 N–H and O–H groups in total. The van der Waals surface area contributed by atoms with E-state index in [1.165, 1.54) is 26.4 Å². The molecule has 0 aliphatic heterocycles. The molecule has 2 aromatic carbocycles. The van der Waals surface area contributed by atoms with E-state index >= 15 is 0 Å². The smallest absolute Gasteiger partial charge is 0.163 e. The van der Waals surface area contributed by atoms with Crippen LogP contribution in [0.2, 0.25) is 5.02 Å². The number of halogens is 4. The van der Waals surface area contributed by atoms with Gasteiger partial charge in [0.2, 0.25) is 0 Å². The maximum atomic E-state index is 13.9. The molecule has 0 saturated carbocycles. The van der Waals surface area contributed by atoms with Crippen LogP contribution < -0.4 is 9.47 Å². The van der Waals surface area contributed by atoms with E-state index in [1.54, 1.807) is 12.1 Å². The maximum Gasteiger partial charge on any atom is 0.163 e. The summed E-state index contributed by atoms with van der Waals surface area (Å²) in [4.78, 5) is -0.605. The summed E-state index contributed by atoms with van der Waals surface area (Å²) >= 11 is 9.54. The maximum absolute atomic E-state index is 13.9. The van der Waals surface area contributed by atoms with Gasteiger partial charge in [-0.2, -0.15) is 0 Å². The molecule has 2 rings (SSSR count). The van der Waals surface area contributed by atoms with Gasteiger partial charge in [-0.05, 0) is 12.1 Å².